The van der Waals surface area contributed by atoms with Crippen molar-refractivity contribution in [2.45, 2.75) is 0 Å². The zero-order chi connectivity index (χ0) is 24.4. The number of hydrogen-bond acceptors (Lipinski definition) is 8. The van der Waals surface area contributed by atoms with Gasteiger partial charge < -0.3 is 15.4 Å². The average molecular weight is 471 g/mol. The van der Waals surface area contributed by atoms with Gasteiger partial charge in [-0.15, -0.1) is 5.11 Å². The number of hydrogen-bond donors (Lipinski definition) is 2. The Kier molecular flexibility index (Phi) is 6.11. The minimum absolute atomic E-state index is 0.226. The Morgan fingerprint density at radius 3 is 2.34 bits per heavy atom. The van der Waals surface area contributed by atoms with Crippen LogP contribution >= 0.6 is 0 Å². The number of H-pyrrole nitrogens is 1. The third-order valence-electron chi connectivity index (χ3n) is 6.05. The van der Waals surface area contributed by atoms with Crippen molar-refractivity contribution < 1.29 is 4.74 Å². The van der Waals surface area contributed by atoms with Crippen LogP contribution in [0.15, 0.2) is 69.7 Å². The maximum atomic E-state index is 12.0. The highest BCUT2D eigenvalue weighted by atomic mass is 16.5. The average Bonchev–Trinajstić information content (AvgIpc) is 2.88. The van der Waals surface area contributed by atoms with Crippen molar-refractivity contribution in [1.82, 2.24) is 24.9 Å². The highest BCUT2D eigenvalue weighted by Crippen LogP contribution is 2.34. The van der Waals surface area contributed by atoms with Crippen LogP contribution in [0.1, 0.15) is 0 Å². The molecule has 5 rings (SSSR count). The molecule has 0 spiro atoms. The minimum Gasteiger partial charge on any atom is -0.497 e. The number of nitrogens with zero attached hydrogens (tertiary/aromatic N) is 6. The zero-order valence-electron chi connectivity index (χ0n) is 19.6. The second-order valence-electron chi connectivity index (χ2n) is 8.43. The van der Waals surface area contributed by atoms with Crippen LogP contribution in [0, 0.1) is 0 Å². The van der Waals surface area contributed by atoms with Gasteiger partial charge >= 0.3 is 5.69 Å². The molecule has 3 N–H and O–H groups in total. The molecule has 2 aromatic heterocycles. The topological polar surface area (TPSA) is 125 Å². The van der Waals surface area contributed by atoms with Crippen molar-refractivity contribution in [2.75, 3.05) is 46.1 Å². The quantitative estimate of drug-likeness (QED) is 0.428. The molecular formula is C25H26N8O2. The van der Waals surface area contributed by atoms with Gasteiger partial charge in [0.2, 0.25) is 0 Å². The first-order chi connectivity index (χ1) is 17.0. The number of nitrogens with one attached hydrogen (secondary N) is 1. The van der Waals surface area contributed by atoms with E-state index in [4.69, 9.17) is 10.5 Å². The lowest BCUT2D eigenvalue weighted by Crippen LogP contribution is -2.41. The monoisotopic (exact) mass is 470 g/mol. The lowest BCUT2D eigenvalue weighted by Gasteiger charge is -2.29. The largest absolute Gasteiger partial charge is 0.497 e. The van der Waals surface area contributed by atoms with E-state index in [1.807, 2.05) is 59.6 Å². The molecule has 0 amide bonds. The standard InChI is InChI=1S/C25H26N8O2/c1-32-11-13-33(14-12-32)31-30-18-7-3-17(4-8-18)21-15-20(16-5-9-19(35-2)10-6-16)22-23(26)28-25(34)29-24(22)27-21/h3-10,15H,11-14H2,1-2H3,(H3,26,27,28,29,34). The van der Waals surface area contributed by atoms with Crippen LogP contribution in [0.3, 0.4) is 0 Å². The second-order valence-corrected chi connectivity index (χ2v) is 8.43. The first kappa shape index (κ1) is 22.5. The summed E-state index contributed by atoms with van der Waals surface area (Å²) in [6.45, 7) is 3.68. The van der Waals surface area contributed by atoms with Gasteiger partial charge in [-0.25, -0.2) is 9.78 Å². The molecule has 10 heteroatoms. The predicted molar refractivity (Wildman–Crippen MR) is 136 cm³/mol. The van der Waals surface area contributed by atoms with E-state index in [0.717, 1.165) is 54.3 Å². The smallest absolute Gasteiger partial charge is 0.348 e. The fraction of sp³-hybridized carbons (Fsp3) is 0.240. The second kappa shape index (κ2) is 9.51. The number of nitrogens with two attached hydrogens (primary N) is 1. The summed E-state index contributed by atoms with van der Waals surface area (Å²) in [5.41, 5.74) is 9.91. The summed E-state index contributed by atoms with van der Waals surface area (Å²) in [6.07, 6.45) is 0. The van der Waals surface area contributed by atoms with Crippen molar-refractivity contribution in [2.24, 2.45) is 10.3 Å². The van der Waals surface area contributed by atoms with Gasteiger partial charge in [-0.1, -0.05) is 29.5 Å². The van der Waals surface area contributed by atoms with E-state index in [1.165, 1.54) is 0 Å². The number of pyridine rings is 1. The van der Waals surface area contributed by atoms with Gasteiger partial charge in [0.25, 0.3) is 0 Å². The molecule has 1 fully saturated rings. The molecule has 0 saturated carbocycles. The van der Waals surface area contributed by atoms with Crippen molar-refractivity contribution in [1.29, 1.82) is 0 Å². The number of likely N-dealkylation sites (N-methyl/N-ethyl adjacent to an activating group) is 1. The molecule has 0 atom stereocenters. The van der Waals surface area contributed by atoms with Crippen molar-refractivity contribution >= 4 is 22.5 Å². The normalized spacial score (nSPS) is 14.6. The number of piperazine rings is 1. The van der Waals surface area contributed by atoms with E-state index in [2.05, 4.69) is 37.2 Å². The third-order valence-corrected chi connectivity index (χ3v) is 6.05. The molecule has 0 radical (unpaired) electrons. The van der Waals surface area contributed by atoms with E-state index in [1.54, 1.807) is 7.11 Å². The number of benzene rings is 2. The maximum absolute atomic E-state index is 12.0. The number of aromatic amines is 1. The molecule has 0 bridgehead atoms. The molecule has 0 unspecified atom stereocenters. The number of fused-ring (bicyclic) bond motifs is 1. The Labute approximate surface area is 202 Å². The van der Waals surface area contributed by atoms with Gasteiger partial charge in [0, 0.05) is 18.7 Å². The number of nitrogen functional groups attached to an aromatic ring is 1. The summed E-state index contributed by atoms with van der Waals surface area (Å²) in [6, 6.07) is 17.2. The Bertz CT molecular complexity index is 1420. The van der Waals surface area contributed by atoms with Crippen LogP contribution in [0.2, 0.25) is 0 Å². The van der Waals surface area contributed by atoms with Gasteiger partial charge in [0.05, 0.1) is 37.0 Å². The Hall–Kier alpha value is -4.31. The first-order valence-corrected chi connectivity index (χ1v) is 11.3. The SMILES string of the molecule is COc1ccc(-c2cc(-c3ccc(N=NN4CCN(C)CC4)cc3)nc3nc(=O)[nH]c(N)c23)cc1. The molecule has 3 heterocycles. The van der Waals surface area contributed by atoms with Crippen molar-refractivity contribution in [3.8, 4) is 28.1 Å². The molecule has 10 nitrogen and oxygen atoms in total. The number of rotatable bonds is 5. The lowest BCUT2D eigenvalue weighted by atomic mass is 9.99. The third kappa shape index (κ3) is 4.82. The van der Waals surface area contributed by atoms with Crippen LogP contribution in [0.4, 0.5) is 11.5 Å². The molecule has 0 aliphatic carbocycles. The molecular weight excluding hydrogens is 444 g/mol. The van der Waals surface area contributed by atoms with E-state index < -0.39 is 5.69 Å². The van der Waals surface area contributed by atoms with Crippen LogP contribution in [-0.2, 0) is 0 Å². The fourth-order valence-corrected chi connectivity index (χ4v) is 4.03. The van der Waals surface area contributed by atoms with E-state index in [0.29, 0.717) is 11.1 Å². The highest BCUT2D eigenvalue weighted by molar-refractivity contribution is 6.01. The first-order valence-electron chi connectivity index (χ1n) is 11.3. The van der Waals surface area contributed by atoms with Gasteiger partial charge in [-0.05, 0) is 48.5 Å². The molecule has 178 valence electrons. The van der Waals surface area contributed by atoms with Gasteiger partial charge in [-0.2, -0.15) is 4.98 Å². The number of methoxy groups -OCH3 is 1. The van der Waals surface area contributed by atoms with Gasteiger partial charge in [-0.3, -0.25) is 9.99 Å². The summed E-state index contributed by atoms with van der Waals surface area (Å²) >= 11 is 0. The van der Waals surface area contributed by atoms with Gasteiger partial charge in [0.15, 0.2) is 5.65 Å². The minimum atomic E-state index is -0.542. The number of anilines is 1. The summed E-state index contributed by atoms with van der Waals surface area (Å²) in [7, 11) is 3.73. The van der Waals surface area contributed by atoms with E-state index in [-0.39, 0.29) is 11.5 Å². The Morgan fingerprint density at radius 1 is 0.971 bits per heavy atom. The zero-order valence-corrected chi connectivity index (χ0v) is 19.6. The van der Waals surface area contributed by atoms with Crippen LogP contribution in [0.5, 0.6) is 5.75 Å². The summed E-state index contributed by atoms with van der Waals surface area (Å²) < 4.78 is 5.28. The maximum Gasteiger partial charge on any atom is 0.348 e. The molecule has 4 aromatic rings. The molecule has 1 aliphatic heterocycles. The van der Waals surface area contributed by atoms with Crippen LogP contribution < -0.4 is 16.2 Å². The Balaban J connectivity index is 1.51. The highest BCUT2D eigenvalue weighted by Gasteiger charge is 2.15. The predicted octanol–water partition coefficient (Wildman–Crippen LogP) is 3.49. The molecule has 2 aromatic carbocycles. The number of ether oxygens (including phenoxy) is 1. The van der Waals surface area contributed by atoms with Crippen LogP contribution in [-0.4, -0.2) is 65.2 Å². The summed E-state index contributed by atoms with van der Waals surface area (Å²) in [5.74, 6) is 0.970. The van der Waals surface area contributed by atoms with E-state index >= 15 is 0 Å². The number of aromatic nitrogens is 3. The van der Waals surface area contributed by atoms with Crippen molar-refractivity contribution in [3.63, 3.8) is 0 Å². The molecule has 1 aliphatic rings. The Morgan fingerprint density at radius 2 is 1.66 bits per heavy atom. The van der Waals surface area contributed by atoms with Crippen molar-refractivity contribution in [3.05, 3.63) is 65.1 Å². The summed E-state index contributed by atoms with van der Waals surface area (Å²) in [4.78, 5) is 25.6. The van der Waals surface area contributed by atoms with Crippen LogP contribution in [0.25, 0.3) is 33.4 Å². The van der Waals surface area contributed by atoms with Gasteiger partial charge in [0.1, 0.15) is 11.6 Å². The molecule has 35 heavy (non-hydrogen) atoms. The lowest BCUT2D eigenvalue weighted by molar-refractivity contribution is 0.150. The van der Waals surface area contributed by atoms with E-state index in [9.17, 15) is 4.79 Å². The summed E-state index contributed by atoms with van der Waals surface area (Å²) in [5, 5.41) is 11.3. The molecule has 1 saturated heterocycles. The fourth-order valence-electron chi connectivity index (χ4n) is 4.03.